The summed E-state index contributed by atoms with van der Waals surface area (Å²) in [5, 5.41) is 9.92. The van der Waals surface area contributed by atoms with Gasteiger partial charge < -0.3 is 5.11 Å². The van der Waals surface area contributed by atoms with Crippen LogP contribution in [0, 0.1) is 5.92 Å². The number of rotatable bonds is 6. The van der Waals surface area contributed by atoms with Crippen molar-refractivity contribution in [3.63, 3.8) is 0 Å². The Bertz CT molecular complexity index is 311. The van der Waals surface area contributed by atoms with Crippen molar-refractivity contribution in [2.24, 2.45) is 5.92 Å². The molecule has 2 atom stereocenters. The first-order chi connectivity index (χ1) is 7.69. The van der Waals surface area contributed by atoms with Crippen LogP contribution in [0.15, 0.2) is 29.2 Å². The molecule has 1 aromatic rings. The number of thioether (sulfide) groups is 1. The van der Waals surface area contributed by atoms with E-state index in [2.05, 4.69) is 19.9 Å². The predicted molar refractivity (Wildman–Crippen MR) is 71.9 cm³/mol. The lowest BCUT2D eigenvalue weighted by molar-refractivity contribution is 0.171. The molecule has 0 saturated carbocycles. The second-order valence-corrected chi connectivity index (χ2v) is 5.35. The largest absolute Gasteiger partial charge is 0.388 e. The summed E-state index contributed by atoms with van der Waals surface area (Å²) in [4.78, 5) is 1.23. The van der Waals surface area contributed by atoms with Gasteiger partial charge in [0.2, 0.25) is 0 Å². The maximum Gasteiger partial charge on any atom is 0.0798 e. The molecule has 1 aromatic carbocycles. The van der Waals surface area contributed by atoms with Crippen LogP contribution in [0.1, 0.15) is 45.3 Å². The fourth-order valence-electron chi connectivity index (χ4n) is 1.46. The molecule has 0 spiro atoms. The molecule has 1 unspecified atom stereocenters. The van der Waals surface area contributed by atoms with Crippen LogP contribution < -0.4 is 0 Å². The van der Waals surface area contributed by atoms with Gasteiger partial charge in [-0.25, -0.2) is 0 Å². The highest BCUT2D eigenvalue weighted by Crippen LogP contribution is 2.30. The minimum Gasteiger partial charge on any atom is -0.388 e. The molecule has 0 fully saturated rings. The zero-order valence-corrected chi connectivity index (χ0v) is 11.3. The number of hydrogen-bond acceptors (Lipinski definition) is 2. The van der Waals surface area contributed by atoms with Crippen molar-refractivity contribution in [1.29, 1.82) is 0 Å². The van der Waals surface area contributed by atoms with Crippen molar-refractivity contribution in [2.75, 3.05) is 5.75 Å². The van der Waals surface area contributed by atoms with E-state index in [1.54, 1.807) is 0 Å². The van der Waals surface area contributed by atoms with Crippen LogP contribution >= 0.6 is 11.8 Å². The van der Waals surface area contributed by atoms with Crippen molar-refractivity contribution in [3.8, 4) is 0 Å². The van der Waals surface area contributed by atoms with Gasteiger partial charge in [-0.3, -0.25) is 0 Å². The molecular weight excluding hydrogens is 216 g/mol. The SMILES string of the molecule is CCC(C)CSc1ccccc1[C@@H](O)CC. The van der Waals surface area contributed by atoms with E-state index >= 15 is 0 Å². The zero-order chi connectivity index (χ0) is 12.0. The molecule has 0 aliphatic heterocycles. The topological polar surface area (TPSA) is 20.2 Å². The molecule has 0 amide bonds. The van der Waals surface area contributed by atoms with Gasteiger partial charge in [0.25, 0.3) is 0 Å². The first kappa shape index (κ1) is 13.6. The molecule has 90 valence electrons. The van der Waals surface area contributed by atoms with Crippen LogP contribution in [0.5, 0.6) is 0 Å². The van der Waals surface area contributed by atoms with Gasteiger partial charge in [-0.2, -0.15) is 0 Å². The van der Waals surface area contributed by atoms with E-state index in [9.17, 15) is 5.11 Å². The van der Waals surface area contributed by atoms with E-state index in [-0.39, 0.29) is 6.10 Å². The van der Waals surface area contributed by atoms with E-state index in [1.807, 2.05) is 36.9 Å². The van der Waals surface area contributed by atoms with E-state index in [1.165, 1.54) is 11.3 Å². The molecule has 0 aromatic heterocycles. The van der Waals surface area contributed by atoms with E-state index in [4.69, 9.17) is 0 Å². The van der Waals surface area contributed by atoms with E-state index < -0.39 is 0 Å². The number of benzene rings is 1. The molecule has 0 bridgehead atoms. The Kier molecular flexibility index (Phi) is 5.93. The second kappa shape index (κ2) is 6.97. The molecular formula is C14H22OS. The van der Waals surface area contributed by atoms with Crippen LogP contribution in [-0.2, 0) is 0 Å². The third-order valence-electron chi connectivity index (χ3n) is 2.88. The van der Waals surface area contributed by atoms with Gasteiger partial charge in [-0.1, -0.05) is 45.4 Å². The second-order valence-electron chi connectivity index (χ2n) is 4.29. The third-order valence-corrected chi connectivity index (χ3v) is 4.30. The van der Waals surface area contributed by atoms with E-state index in [0.717, 1.165) is 23.7 Å². The molecule has 1 N–H and O–H groups in total. The molecule has 2 heteroatoms. The number of hydrogen-bond donors (Lipinski definition) is 1. The highest BCUT2D eigenvalue weighted by atomic mass is 32.2. The monoisotopic (exact) mass is 238 g/mol. The summed E-state index contributed by atoms with van der Waals surface area (Å²) in [6.07, 6.45) is 1.67. The molecule has 1 rings (SSSR count). The average molecular weight is 238 g/mol. The zero-order valence-electron chi connectivity index (χ0n) is 10.4. The highest BCUT2D eigenvalue weighted by Gasteiger charge is 2.10. The molecule has 0 saturated heterocycles. The molecule has 0 heterocycles. The summed E-state index contributed by atoms with van der Waals surface area (Å²) in [5.41, 5.74) is 1.08. The fourth-order valence-corrected chi connectivity index (χ4v) is 2.70. The van der Waals surface area contributed by atoms with Crippen LogP contribution in [0.4, 0.5) is 0 Å². The minimum atomic E-state index is -0.319. The Labute approximate surface area is 103 Å². The Morgan fingerprint density at radius 3 is 2.50 bits per heavy atom. The Morgan fingerprint density at radius 1 is 1.19 bits per heavy atom. The number of aliphatic hydroxyl groups is 1. The normalized spacial score (nSPS) is 14.8. The van der Waals surface area contributed by atoms with Crippen LogP contribution in [-0.4, -0.2) is 10.9 Å². The van der Waals surface area contributed by atoms with Gasteiger partial charge in [0.15, 0.2) is 0 Å². The van der Waals surface area contributed by atoms with Gasteiger partial charge in [-0.15, -0.1) is 11.8 Å². The molecule has 0 radical (unpaired) electrons. The van der Waals surface area contributed by atoms with Crippen molar-refractivity contribution in [1.82, 2.24) is 0 Å². The van der Waals surface area contributed by atoms with Gasteiger partial charge in [-0.05, 0) is 24.0 Å². The average Bonchev–Trinajstić information content (AvgIpc) is 2.35. The van der Waals surface area contributed by atoms with Crippen LogP contribution in [0.2, 0.25) is 0 Å². The standard InChI is InChI=1S/C14H22OS/c1-4-11(3)10-16-14-9-7-6-8-12(14)13(15)5-2/h6-9,11,13,15H,4-5,10H2,1-3H3/t11?,13-/m0/s1. The Morgan fingerprint density at radius 2 is 1.88 bits per heavy atom. The fraction of sp³-hybridized carbons (Fsp3) is 0.571. The third kappa shape index (κ3) is 3.84. The number of aliphatic hydroxyl groups excluding tert-OH is 1. The van der Waals surface area contributed by atoms with Crippen molar-refractivity contribution < 1.29 is 5.11 Å². The summed E-state index contributed by atoms with van der Waals surface area (Å²) in [6.45, 7) is 6.50. The van der Waals surface area contributed by atoms with Crippen molar-refractivity contribution >= 4 is 11.8 Å². The lowest BCUT2D eigenvalue weighted by Crippen LogP contribution is -2.00. The summed E-state index contributed by atoms with van der Waals surface area (Å²) >= 11 is 1.86. The predicted octanol–water partition coefficient (Wildman–Crippen LogP) is 4.27. The molecule has 1 nitrogen and oxygen atoms in total. The summed E-state index contributed by atoms with van der Waals surface area (Å²) in [5.74, 6) is 1.86. The van der Waals surface area contributed by atoms with Crippen molar-refractivity contribution in [3.05, 3.63) is 29.8 Å². The summed E-state index contributed by atoms with van der Waals surface area (Å²) in [6, 6.07) is 8.20. The summed E-state index contributed by atoms with van der Waals surface area (Å²) in [7, 11) is 0. The smallest absolute Gasteiger partial charge is 0.0798 e. The van der Waals surface area contributed by atoms with Gasteiger partial charge >= 0.3 is 0 Å². The lowest BCUT2D eigenvalue weighted by Gasteiger charge is -2.15. The Hall–Kier alpha value is -0.470. The van der Waals surface area contributed by atoms with Crippen LogP contribution in [0.25, 0.3) is 0 Å². The van der Waals surface area contributed by atoms with Gasteiger partial charge in [0.05, 0.1) is 6.10 Å². The van der Waals surface area contributed by atoms with Crippen molar-refractivity contribution in [2.45, 2.75) is 44.6 Å². The molecule has 0 aliphatic carbocycles. The molecule has 16 heavy (non-hydrogen) atoms. The van der Waals surface area contributed by atoms with Crippen LogP contribution in [0.3, 0.4) is 0 Å². The quantitative estimate of drug-likeness (QED) is 0.747. The van der Waals surface area contributed by atoms with E-state index in [0.29, 0.717) is 0 Å². The van der Waals surface area contributed by atoms with Gasteiger partial charge in [0.1, 0.15) is 0 Å². The first-order valence-corrected chi connectivity index (χ1v) is 7.07. The first-order valence-electron chi connectivity index (χ1n) is 6.08. The maximum atomic E-state index is 9.92. The molecule has 0 aliphatic rings. The maximum absolute atomic E-state index is 9.92. The lowest BCUT2D eigenvalue weighted by atomic mass is 10.1. The Balaban J connectivity index is 2.71. The minimum absolute atomic E-state index is 0.319. The van der Waals surface area contributed by atoms with Gasteiger partial charge in [0, 0.05) is 10.6 Å². The summed E-state index contributed by atoms with van der Waals surface area (Å²) < 4.78 is 0. The highest BCUT2D eigenvalue weighted by molar-refractivity contribution is 7.99.